The molecule has 2 heterocycles. The van der Waals surface area contributed by atoms with Gasteiger partial charge in [-0.15, -0.1) is 11.3 Å². The fourth-order valence-corrected chi connectivity index (χ4v) is 3.33. The van der Waals surface area contributed by atoms with Crippen molar-refractivity contribution in [2.45, 2.75) is 26.3 Å². The summed E-state index contributed by atoms with van der Waals surface area (Å²) in [4.78, 5) is 5.62. The maximum absolute atomic E-state index is 5.61. The highest BCUT2D eigenvalue weighted by molar-refractivity contribution is 7.09. The standard InChI is InChI=1S/C16H20N2O2S/c1-11(16-12(2)18-10-21-16)17-6-5-13-3-4-14-15(9-13)20-8-7-19-14/h3-4,9-11,17H,5-8H2,1-2H3. The first-order chi connectivity index (χ1) is 10.2. The molecule has 0 fully saturated rings. The minimum absolute atomic E-state index is 0.342. The largest absolute Gasteiger partial charge is 0.486 e. The Kier molecular flexibility index (Phi) is 4.41. The summed E-state index contributed by atoms with van der Waals surface area (Å²) in [6.07, 6.45) is 0.971. The van der Waals surface area contributed by atoms with Crippen molar-refractivity contribution in [1.29, 1.82) is 0 Å². The van der Waals surface area contributed by atoms with Crippen LogP contribution in [-0.2, 0) is 6.42 Å². The van der Waals surface area contributed by atoms with E-state index in [0.717, 1.165) is 30.2 Å². The zero-order valence-corrected chi connectivity index (χ0v) is 13.2. The Morgan fingerprint density at radius 1 is 1.29 bits per heavy atom. The molecule has 3 rings (SSSR count). The number of hydrogen-bond donors (Lipinski definition) is 1. The van der Waals surface area contributed by atoms with E-state index < -0.39 is 0 Å². The fraction of sp³-hybridized carbons (Fsp3) is 0.438. The quantitative estimate of drug-likeness (QED) is 0.922. The van der Waals surface area contributed by atoms with Gasteiger partial charge in [0.05, 0.1) is 11.2 Å². The first kappa shape index (κ1) is 14.4. The van der Waals surface area contributed by atoms with Gasteiger partial charge in [0.1, 0.15) is 13.2 Å². The molecular weight excluding hydrogens is 284 g/mol. The van der Waals surface area contributed by atoms with Crippen LogP contribution in [0.5, 0.6) is 11.5 Å². The van der Waals surface area contributed by atoms with Gasteiger partial charge in [-0.3, -0.25) is 0 Å². The Hall–Kier alpha value is -1.59. The summed E-state index contributed by atoms with van der Waals surface area (Å²) in [5, 5.41) is 3.55. The molecule has 1 aliphatic heterocycles. The zero-order valence-electron chi connectivity index (χ0n) is 12.4. The van der Waals surface area contributed by atoms with Crippen LogP contribution in [0.25, 0.3) is 0 Å². The van der Waals surface area contributed by atoms with Crippen molar-refractivity contribution in [3.63, 3.8) is 0 Å². The third-order valence-corrected chi connectivity index (χ3v) is 4.76. The van der Waals surface area contributed by atoms with E-state index in [4.69, 9.17) is 9.47 Å². The Bertz CT molecular complexity index is 612. The molecule has 2 aromatic rings. The molecule has 1 atom stereocenters. The molecule has 1 unspecified atom stereocenters. The summed E-state index contributed by atoms with van der Waals surface area (Å²) >= 11 is 1.71. The second-order valence-corrected chi connectivity index (χ2v) is 6.09. The van der Waals surface area contributed by atoms with Gasteiger partial charge in [0.2, 0.25) is 0 Å². The fourth-order valence-electron chi connectivity index (χ4n) is 2.50. The SMILES string of the molecule is Cc1ncsc1C(C)NCCc1ccc2c(c1)OCCO2. The summed E-state index contributed by atoms with van der Waals surface area (Å²) < 4.78 is 11.2. The highest BCUT2D eigenvalue weighted by atomic mass is 32.1. The lowest BCUT2D eigenvalue weighted by Gasteiger charge is -2.19. The highest BCUT2D eigenvalue weighted by Crippen LogP contribution is 2.30. The lowest BCUT2D eigenvalue weighted by atomic mass is 10.1. The predicted octanol–water partition coefficient (Wildman–Crippen LogP) is 3.12. The lowest BCUT2D eigenvalue weighted by Crippen LogP contribution is -2.21. The molecule has 0 spiro atoms. The first-order valence-corrected chi connectivity index (χ1v) is 8.14. The third kappa shape index (κ3) is 3.36. The van der Waals surface area contributed by atoms with Gasteiger partial charge in [-0.1, -0.05) is 6.07 Å². The Labute approximate surface area is 129 Å². The van der Waals surface area contributed by atoms with Crippen molar-refractivity contribution in [2.24, 2.45) is 0 Å². The number of thiazole rings is 1. The maximum atomic E-state index is 5.61. The van der Waals surface area contributed by atoms with Crippen molar-refractivity contribution < 1.29 is 9.47 Å². The number of benzene rings is 1. The first-order valence-electron chi connectivity index (χ1n) is 7.26. The molecule has 1 aromatic heterocycles. The number of aryl methyl sites for hydroxylation is 1. The number of ether oxygens (including phenoxy) is 2. The summed E-state index contributed by atoms with van der Waals surface area (Å²) in [6.45, 7) is 6.45. The predicted molar refractivity (Wildman–Crippen MR) is 84.4 cm³/mol. The van der Waals surface area contributed by atoms with Crippen LogP contribution in [0, 0.1) is 6.92 Å². The van der Waals surface area contributed by atoms with Crippen LogP contribution < -0.4 is 14.8 Å². The Balaban J connectivity index is 1.55. The molecule has 0 radical (unpaired) electrons. The monoisotopic (exact) mass is 304 g/mol. The molecule has 5 heteroatoms. The van der Waals surface area contributed by atoms with Gasteiger partial charge in [-0.05, 0) is 44.5 Å². The van der Waals surface area contributed by atoms with Gasteiger partial charge >= 0.3 is 0 Å². The molecule has 0 saturated carbocycles. The number of aromatic nitrogens is 1. The average Bonchev–Trinajstić information content (AvgIpc) is 2.93. The van der Waals surface area contributed by atoms with Gasteiger partial charge in [0.15, 0.2) is 11.5 Å². The molecule has 0 amide bonds. The zero-order chi connectivity index (χ0) is 14.7. The molecule has 4 nitrogen and oxygen atoms in total. The topological polar surface area (TPSA) is 43.4 Å². The minimum Gasteiger partial charge on any atom is -0.486 e. The number of rotatable bonds is 5. The van der Waals surface area contributed by atoms with Crippen LogP contribution in [0.3, 0.4) is 0 Å². The highest BCUT2D eigenvalue weighted by Gasteiger charge is 2.13. The number of nitrogens with zero attached hydrogens (tertiary/aromatic N) is 1. The lowest BCUT2D eigenvalue weighted by molar-refractivity contribution is 0.171. The van der Waals surface area contributed by atoms with Crippen molar-refractivity contribution in [3.05, 3.63) is 39.8 Å². The van der Waals surface area contributed by atoms with Crippen LogP contribution in [-0.4, -0.2) is 24.7 Å². The number of hydrogen-bond acceptors (Lipinski definition) is 5. The molecule has 21 heavy (non-hydrogen) atoms. The normalized spacial score (nSPS) is 15.0. The van der Waals surface area contributed by atoms with E-state index in [1.54, 1.807) is 11.3 Å². The second kappa shape index (κ2) is 6.45. The molecule has 0 aliphatic carbocycles. The maximum Gasteiger partial charge on any atom is 0.161 e. The van der Waals surface area contributed by atoms with Crippen LogP contribution in [0.1, 0.15) is 29.1 Å². The third-order valence-electron chi connectivity index (χ3n) is 3.65. The Morgan fingerprint density at radius 2 is 2.10 bits per heavy atom. The van der Waals surface area contributed by atoms with E-state index in [-0.39, 0.29) is 0 Å². The minimum atomic E-state index is 0.342. The van der Waals surface area contributed by atoms with Gasteiger partial charge in [0, 0.05) is 10.9 Å². The number of fused-ring (bicyclic) bond motifs is 1. The van der Waals surface area contributed by atoms with E-state index in [0.29, 0.717) is 19.3 Å². The molecule has 0 saturated heterocycles. The van der Waals surface area contributed by atoms with Crippen molar-refractivity contribution in [3.8, 4) is 11.5 Å². The molecule has 0 bridgehead atoms. The van der Waals surface area contributed by atoms with Crippen LogP contribution >= 0.6 is 11.3 Å². The average molecular weight is 304 g/mol. The van der Waals surface area contributed by atoms with Crippen molar-refractivity contribution in [1.82, 2.24) is 10.3 Å². The summed E-state index contributed by atoms with van der Waals surface area (Å²) in [6, 6.07) is 6.53. The van der Waals surface area contributed by atoms with E-state index in [2.05, 4.69) is 36.3 Å². The van der Waals surface area contributed by atoms with Crippen LogP contribution in [0.2, 0.25) is 0 Å². The smallest absolute Gasteiger partial charge is 0.161 e. The van der Waals surface area contributed by atoms with Gasteiger partial charge in [0.25, 0.3) is 0 Å². The van der Waals surface area contributed by atoms with E-state index in [9.17, 15) is 0 Å². The molecule has 1 aliphatic rings. The van der Waals surface area contributed by atoms with E-state index in [1.165, 1.54) is 10.4 Å². The summed E-state index contributed by atoms with van der Waals surface area (Å²) in [5.74, 6) is 1.72. The van der Waals surface area contributed by atoms with Crippen LogP contribution in [0.15, 0.2) is 23.7 Å². The Morgan fingerprint density at radius 3 is 2.86 bits per heavy atom. The van der Waals surface area contributed by atoms with Crippen molar-refractivity contribution in [2.75, 3.05) is 19.8 Å². The molecule has 1 N–H and O–H groups in total. The molecule has 1 aromatic carbocycles. The molecule has 112 valence electrons. The molecular formula is C16H20N2O2S. The number of nitrogens with one attached hydrogen (secondary N) is 1. The summed E-state index contributed by atoms with van der Waals surface area (Å²) in [7, 11) is 0. The van der Waals surface area contributed by atoms with Gasteiger partial charge < -0.3 is 14.8 Å². The van der Waals surface area contributed by atoms with E-state index in [1.807, 2.05) is 11.6 Å². The van der Waals surface area contributed by atoms with Gasteiger partial charge in [-0.2, -0.15) is 0 Å². The van der Waals surface area contributed by atoms with Gasteiger partial charge in [-0.25, -0.2) is 4.98 Å². The van der Waals surface area contributed by atoms with E-state index >= 15 is 0 Å². The van der Waals surface area contributed by atoms with Crippen molar-refractivity contribution >= 4 is 11.3 Å². The van der Waals surface area contributed by atoms with Crippen LogP contribution in [0.4, 0.5) is 0 Å². The summed E-state index contributed by atoms with van der Waals surface area (Å²) in [5.41, 5.74) is 4.29. The second-order valence-electron chi connectivity index (χ2n) is 5.21.